The van der Waals surface area contributed by atoms with Crippen molar-refractivity contribution in [2.75, 3.05) is 31.1 Å². The van der Waals surface area contributed by atoms with E-state index in [1.807, 2.05) is 12.1 Å². The molecule has 3 amide bonds. The molecule has 3 aliphatic heterocycles. The largest absolute Gasteiger partial charge is 0.488 e. The molecule has 0 radical (unpaired) electrons. The average molecular weight is 569 g/mol. The summed E-state index contributed by atoms with van der Waals surface area (Å²) in [5, 5.41) is 2.30. The molecule has 0 aliphatic carbocycles. The first kappa shape index (κ1) is 27.4. The number of nitrogens with zero attached hydrogens (tertiary/aromatic N) is 5. The molecule has 0 unspecified atom stereocenters. The Morgan fingerprint density at radius 3 is 2.62 bits per heavy atom. The van der Waals surface area contributed by atoms with Crippen LogP contribution in [0.1, 0.15) is 39.9 Å². The third-order valence-corrected chi connectivity index (χ3v) is 8.00. The molecule has 2 fully saturated rings. The number of hydrogen-bond acceptors (Lipinski definition) is 7. The van der Waals surface area contributed by atoms with E-state index in [0.29, 0.717) is 34.7 Å². The lowest BCUT2D eigenvalue weighted by atomic mass is 10.0. The molecule has 1 atom stereocenters. The number of carbonyl (C=O) groups excluding carboxylic acids is 3. The first-order valence-corrected chi connectivity index (χ1v) is 13.9. The Morgan fingerprint density at radius 1 is 1.07 bits per heavy atom. The Morgan fingerprint density at radius 2 is 1.90 bits per heavy atom. The van der Waals surface area contributed by atoms with Gasteiger partial charge in [-0.15, -0.1) is 0 Å². The summed E-state index contributed by atoms with van der Waals surface area (Å²) in [6.45, 7) is 11.1. The highest BCUT2D eigenvalue weighted by atomic mass is 19.1. The van der Waals surface area contributed by atoms with Gasteiger partial charge in [-0.3, -0.25) is 29.6 Å². The number of piperazine rings is 1. The Bertz CT molecular complexity index is 1580. The average Bonchev–Trinajstić information content (AvgIpc) is 3.33. The summed E-state index contributed by atoms with van der Waals surface area (Å²) < 4.78 is 21.1. The topological polar surface area (TPSA) is 99.4 Å². The molecule has 42 heavy (non-hydrogen) atoms. The SMILES string of the molecule is [C-]#[N+]c1ccc(N2CCN(Cc3ccc(COc4cccc5c4CN([C@H]4CCC(=O)NC4=O)C5=O)c(F)c3)CC2)nc1. The molecule has 1 aromatic heterocycles. The minimum Gasteiger partial charge on any atom is -0.488 e. The minimum atomic E-state index is -0.711. The monoisotopic (exact) mass is 568 g/mol. The van der Waals surface area contributed by atoms with E-state index >= 15 is 4.39 Å². The second kappa shape index (κ2) is 11.6. The van der Waals surface area contributed by atoms with Crippen LogP contribution in [0.15, 0.2) is 54.7 Å². The van der Waals surface area contributed by atoms with Crippen molar-refractivity contribution in [2.24, 2.45) is 0 Å². The predicted molar refractivity (Wildman–Crippen MR) is 151 cm³/mol. The van der Waals surface area contributed by atoms with E-state index < -0.39 is 11.9 Å². The molecule has 6 rings (SSSR count). The number of fused-ring (bicyclic) bond motifs is 1. The molecule has 0 saturated carbocycles. The maximum Gasteiger partial charge on any atom is 0.255 e. The van der Waals surface area contributed by atoms with Crippen molar-refractivity contribution in [3.8, 4) is 5.75 Å². The third-order valence-electron chi connectivity index (χ3n) is 8.00. The van der Waals surface area contributed by atoms with Gasteiger partial charge in [0.25, 0.3) is 5.91 Å². The van der Waals surface area contributed by atoms with Gasteiger partial charge in [0.1, 0.15) is 30.0 Å². The number of benzene rings is 2. The highest BCUT2D eigenvalue weighted by Crippen LogP contribution is 2.34. The molecule has 1 N–H and O–H groups in total. The molecule has 0 bridgehead atoms. The van der Waals surface area contributed by atoms with Gasteiger partial charge in [0.2, 0.25) is 17.5 Å². The molecule has 2 aromatic carbocycles. The number of ether oxygens (including phenoxy) is 1. The zero-order valence-corrected chi connectivity index (χ0v) is 22.9. The fourth-order valence-electron chi connectivity index (χ4n) is 5.68. The molecule has 4 heterocycles. The lowest BCUT2D eigenvalue weighted by Crippen LogP contribution is -2.52. The van der Waals surface area contributed by atoms with E-state index in [1.54, 1.807) is 42.6 Å². The van der Waals surface area contributed by atoms with Crippen LogP contribution in [0.3, 0.4) is 0 Å². The molecule has 10 nitrogen and oxygen atoms in total. The van der Waals surface area contributed by atoms with Gasteiger partial charge in [0, 0.05) is 62.0 Å². The van der Waals surface area contributed by atoms with Crippen LogP contribution in [0, 0.1) is 12.4 Å². The summed E-state index contributed by atoms with van der Waals surface area (Å²) in [5.41, 5.74) is 2.90. The number of rotatable bonds is 7. The standard InChI is InChI=1S/C31H29FN6O4/c1-33-22-7-9-28(34-16-22)37-13-11-36(12-14-37)17-20-5-6-21(25(32)15-20)19-42-27-4-2-3-23-24(27)18-38(31(23)41)26-8-10-29(39)35-30(26)40/h2-7,9,15-16,26H,8,10-14,17-19H2,(H,35,39,40)/t26-/m0/s1. The van der Waals surface area contributed by atoms with Crippen LogP contribution >= 0.6 is 0 Å². The number of amides is 3. The van der Waals surface area contributed by atoms with Crippen molar-refractivity contribution in [3.63, 3.8) is 0 Å². The van der Waals surface area contributed by atoms with Crippen LogP contribution in [0.2, 0.25) is 0 Å². The Balaban J connectivity index is 1.05. The number of nitrogens with one attached hydrogen (secondary N) is 1. The number of piperidine rings is 1. The first-order chi connectivity index (χ1) is 20.4. The summed E-state index contributed by atoms with van der Waals surface area (Å²) in [4.78, 5) is 50.6. The summed E-state index contributed by atoms with van der Waals surface area (Å²) in [5.74, 6) is -0.120. The van der Waals surface area contributed by atoms with E-state index in [0.717, 1.165) is 37.6 Å². The number of carbonyl (C=O) groups is 3. The highest BCUT2D eigenvalue weighted by Gasteiger charge is 2.40. The Hall–Kier alpha value is -4.82. The molecular formula is C31H29FN6O4. The number of anilines is 1. The van der Waals surface area contributed by atoms with E-state index in [9.17, 15) is 14.4 Å². The van der Waals surface area contributed by atoms with Crippen LogP contribution in [-0.2, 0) is 29.3 Å². The smallest absolute Gasteiger partial charge is 0.255 e. The highest BCUT2D eigenvalue weighted by molar-refractivity contribution is 6.05. The molecule has 3 aliphatic rings. The summed E-state index contributed by atoms with van der Waals surface area (Å²) in [6, 6.07) is 13.2. The summed E-state index contributed by atoms with van der Waals surface area (Å²) >= 11 is 0. The fraction of sp³-hybridized carbons (Fsp3) is 0.323. The normalized spacial score (nSPS) is 19.0. The van der Waals surface area contributed by atoms with Crippen molar-refractivity contribution in [1.29, 1.82) is 0 Å². The van der Waals surface area contributed by atoms with Crippen molar-refractivity contribution >= 4 is 29.2 Å². The van der Waals surface area contributed by atoms with E-state index in [4.69, 9.17) is 11.3 Å². The van der Waals surface area contributed by atoms with E-state index in [1.165, 1.54) is 4.90 Å². The van der Waals surface area contributed by atoms with Gasteiger partial charge in [-0.2, -0.15) is 0 Å². The number of pyridine rings is 1. The van der Waals surface area contributed by atoms with Gasteiger partial charge >= 0.3 is 0 Å². The van der Waals surface area contributed by atoms with Crippen molar-refractivity contribution in [3.05, 3.63) is 94.2 Å². The quantitative estimate of drug-likeness (QED) is 0.345. The lowest BCUT2D eigenvalue weighted by Gasteiger charge is -2.35. The second-order valence-corrected chi connectivity index (χ2v) is 10.6. The molecule has 2 saturated heterocycles. The summed E-state index contributed by atoms with van der Waals surface area (Å²) in [7, 11) is 0. The Kier molecular flexibility index (Phi) is 7.54. The molecule has 3 aromatic rings. The maximum atomic E-state index is 15.1. The van der Waals surface area contributed by atoms with Gasteiger partial charge < -0.3 is 14.5 Å². The van der Waals surface area contributed by atoms with Crippen LogP contribution in [0.25, 0.3) is 4.85 Å². The number of aromatic nitrogens is 1. The molecular weight excluding hydrogens is 539 g/mol. The van der Waals surface area contributed by atoms with E-state index in [2.05, 4.69) is 24.9 Å². The molecule has 214 valence electrons. The van der Waals surface area contributed by atoms with E-state index in [-0.39, 0.29) is 43.6 Å². The molecule has 11 heteroatoms. The van der Waals surface area contributed by atoms with Crippen molar-refractivity contribution < 1.29 is 23.5 Å². The second-order valence-electron chi connectivity index (χ2n) is 10.6. The molecule has 0 spiro atoms. The Labute approximate surface area is 242 Å². The van der Waals surface area contributed by atoms with Crippen LogP contribution in [-0.4, -0.2) is 64.7 Å². The zero-order valence-electron chi connectivity index (χ0n) is 22.9. The van der Waals surface area contributed by atoms with Gasteiger partial charge in [-0.25, -0.2) is 9.24 Å². The third kappa shape index (κ3) is 5.53. The van der Waals surface area contributed by atoms with Crippen LogP contribution < -0.4 is 15.0 Å². The van der Waals surface area contributed by atoms with Gasteiger partial charge in [0.05, 0.1) is 13.1 Å². The lowest BCUT2D eigenvalue weighted by molar-refractivity contribution is -0.136. The number of hydrogen-bond donors (Lipinski definition) is 1. The first-order valence-electron chi connectivity index (χ1n) is 13.9. The minimum absolute atomic E-state index is 0.00681. The van der Waals surface area contributed by atoms with Gasteiger partial charge in [-0.1, -0.05) is 24.3 Å². The predicted octanol–water partition coefficient (Wildman–Crippen LogP) is 3.43. The zero-order chi connectivity index (χ0) is 29.2. The van der Waals surface area contributed by atoms with Crippen molar-refractivity contribution in [1.82, 2.24) is 20.1 Å². The van der Waals surface area contributed by atoms with Crippen LogP contribution in [0.4, 0.5) is 15.9 Å². The van der Waals surface area contributed by atoms with Crippen LogP contribution in [0.5, 0.6) is 5.75 Å². The maximum absolute atomic E-state index is 15.1. The number of halogens is 1. The van der Waals surface area contributed by atoms with Gasteiger partial charge in [-0.05, 0) is 36.2 Å². The van der Waals surface area contributed by atoms with Crippen molar-refractivity contribution in [2.45, 2.75) is 38.6 Å². The van der Waals surface area contributed by atoms with Gasteiger partial charge in [0.15, 0.2) is 0 Å². The fourth-order valence-corrected chi connectivity index (χ4v) is 5.68. The summed E-state index contributed by atoms with van der Waals surface area (Å²) in [6.07, 6.45) is 2.05. The number of imide groups is 1.